The Hall–Kier alpha value is -3.45. The van der Waals surface area contributed by atoms with Gasteiger partial charge in [0.1, 0.15) is 6.61 Å². The van der Waals surface area contributed by atoms with Crippen LogP contribution in [0.4, 0.5) is 0 Å². The van der Waals surface area contributed by atoms with Crippen molar-refractivity contribution in [3.05, 3.63) is 83.4 Å². The van der Waals surface area contributed by atoms with Crippen LogP contribution in [0.2, 0.25) is 0 Å². The summed E-state index contributed by atoms with van der Waals surface area (Å²) in [6.45, 7) is 1.14. The Morgan fingerprint density at radius 2 is 1.73 bits per heavy atom. The van der Waals surface area contributed by atoms with Gasteiger partial charge in [-0.3, -0.25) is 14.4 Å². The molecule has 0 aromatic heterocycles. The number of aliphatic hydroxyl groups excluding tert-OH is 1. The van der Waals surface area contributed by atoms with Crippen LogP contribution in [0.3, 0.4) is 0 Å². The summed E-state index contributed by atoms with van der Waals surface area (Å²) in [5.41, 5.74) is 3.36. The molecule has 3 aliphatic heterocycles. The summed E-state index contributed by atoms with van der Waals surface area (Å²) in [5.74, 6) is -1.09. The number of cyclic esters (lactones) is 1. The summed E-state index contributed by atoms with van der Waals surface area (Å²) in [6.07, 6.45) is 8.85. The maximum Gasteiger partial charge on any atom is 0.309 e. The van der Waals surface area contributed by atoms with Crippen LogP contribution >= 0.6 is 0 Å². The maximum absolute atomic E-state index is 13.8. The summed E-state index contributed by atoms with van der Waals surface area (Å²) in [6, 6.07) is 17.6. The van der Waals surface area contributed by atoms with E-state index in [0.29, 0.717) is 45.2 Å². The molecule has 2 aromatic rings. The predicted molar refractivity (Wildman–Crippen MR) is 152 cm³/mol. The topological polar surface area (TPSA) is 87.2 Å². The first-order chi connectivity index (χ1) is 19.5. The van der Waals surface area contributed by atoms with Crippen molar-refractivity contribution in [3.63, 3.8) is 0 Å². The number of carbonyl (C=O) groups excluding carboxylic acids is 3. The van der Waals surface area contributed by atoms with Crippen molar-refractivity contribution in [2.45, 2.75) is 70.0 Å². The molecule has 0 saturated carbocycles. The first-order valence-corrected chi connectivity index (χ1v) is 14.7. The van der Waals surface area contributed by atoms with Gasteiger partial charge >= 0.3 is 5.97 Å². The molecule has 4 unspecified atom stereocenters. The molecule has 0 bridgehead atoms. The Labute approximate surface area is 236 Å². The second kappa shape index (κ2) is 13.3. The van der Waals surface area contributed by atoms with Gasteiger partial charge in [-0.15, -0.1) is 0 Å². The summed E-state index contributed by atoms with van der Waals surface area (Å²) < 4.78 is 5.82. The minimum Gasteiger partial charge on any atom is -0.463 e. The lowest BCUT2D eigenvalue weighted by atomic mass is 9.92. The maximum atomic E-state index is 13.8. The van der Waals surface area contributed by atoms with Crippen LogP contribution in [0, 0.1) is 11.8 Å². The number of hydrogen-bond acceptors (Lipinski definition) is 5. The Morgan fingerprint density at radius 3 is 2.52 bits per heavy atom. The number of rotatable bonds is 5. The molecule has 7 nitrogen and oxygen atoms in total. The van der Waals surface area contributed by atoms with Gasteiger partial charge in [-0.25, -0.2) is 0 Å². The number of amides is 2. The highest BCUT2D eigenvalue weighted by atomic mass is 16.5. The van der Waals surface area contributed by atoms with Crippen molar-refractivity contribution in [1.29, 1.82) is 0 Å². The second-order valence-corrected chi connectivity index (χ2v) is 11.4. The van der Waals surface area contributed by atoms with Crippen molar-refractivity contribution in [1.82, 2.24) is 9.80 Å². The first-order valence-electron chi connectivity index (χ1n) is 14.7. The zero-order valence-electron chi connectivity index (χ0n) is 23.1. The summed E-state index contributed by atoms with van der Waals surface area (Å²) in [5, 5.41) is 10.1. The van der Waals surface area contributed by atoms with Crippen molar-refractivity contribution in [2.75, 3.05) is 19.8 Å². The van der Waals surface area contributed by atoms with E-state index in [1.807, 2.05) is 71.6 Å². The van der Waals surface area contributed by atoms with E-state index in [-0.39, 0.29) is 55.4 Å². The van der Waals surface area contributed by atoms with E-state index in [1.54, 1.807) is 4.90 Å². The highest BCUT2D eigenvalue weighted by Gasteiger charge is 2.37. The average Bonchev–Trinajstić information content (AvgIpc) is 3.46. The monoisotopic (exact) mass is 544 g/mol. The fourth-order valence-electron chi connectivity index (χ4n) is 6.35. The van der Waals surface area contributed by atoms with Crippen molar-refractivity contribution >= 4 is 17.8 Å². The molecule has 40 heavy (non-hydrogen) atoms. The number of fused-ring (bicyclic) bond motifs is 2. The van der Waals surface area contributed by atoms with E-state index in [4.69, 9.17) is 4.74 Å². The van der Waals surface area contributed by atoms with Gasteiger partial charge in [0, 0.05) is 19.5 Å². The van der Waals surface area contributed by atoms with E-state index in [1.165, 1.54) is 0 Å². The van der Waals surface area contributed by atoms with Crippen LogP contribution in [0.1, 0.15) is 55.2 Å². The van der Waals surface area contributed by atoms with Gasteiger partial charge in [-0.2, -0.15) is 0 Å². The number of esters is 1. The van der Waals surface area contributed by atoms with Crippen molar-refractivity contribution in [2.24, 2.45) is 11.8 Å². The van der Waals surface area contributed by atoms with E-state index in [9.17, 15) is 19.5 Å². The van der Waals surface area contributed by atoms with Crippen molar-refractivity contribution in [3.8, 4) is 0 Å². The molecule has 3 aliphatic rings. The number of carbonyl (C=O) groups is 3. The molecule has 0 spiro atoms. The van der Waals surface area contributed by atoms with E-state index in [2.05, 4.69) is 0 Å². The first kappa shape index (κ1) is 28.1. The molecule has 2 amide bonds. The number of ether oxygens (including phenoxy) is 1. The number of benzene rings is 2. The smallest absolute Gasteiger partial charge is 0.309 e. The molecule has 0 radical (unpaired) electrons. The zero-order valence-corrected chi connectivity index (χ0v) is 23.1. The van der Waals surface area contributed by atoms with Gasteiger partial charge in [0.2, 0.25) is 11.8 Å². The molecular weight excluding hydrogens is 504 g/mol. The van der Waals surface area contributed by atoms with Crippen LogP contribution in [0.5, 0.6) is 0 Å². The van der Waals surface area contributed by atoms with E-state index < -0.39 is 5.92 Å². The molecule has 1 saturated heterocycles. The zero-order chi connectivity index (χ0) is 27.9. The Balaban J connectivity index is 1.31. The highest BCUT2D eigenvalue weighted by Crippen LogP contribution is 2.28. The molecule has 3 heterocycles. The highest BCUT2D eigenvalue weighted by molar-refractivity contribution is 5.86. The number of nitrogens with zero attached hydrogens (tertiary/aromatic N) is 2. The largest absolute Gasteiger partial charge is 0.463 e. The third-order valence-electron chi connectivity index (χ3n) is 8.66. The van der Waals surface area contributed by atoms with Gasteiger partial charge in [0.25, 0.3) is 0 Å². The number of aliphatic hydroxyl groups is 1. The van der Waals surface area contributed by atoms with Crippen molar-refractivity contribution < 1.29 is 24.2 Å². The molecule has 2 aromatic carbocycles. The molecule has 212 valence electrons. The van der Waals surface area contributed by atoms with Crippen LogP contribution in [-0.4, -0.2) is 64.5 Å². The van der Waals surface area contributed by atoms with E-state index in [0.717, 1.165) is 29.5 Å². The summed E-state index contributed by atoms with van der Waals surface area (Å²) in [4.78, 5) is 44.1. The lowest BCUT2D eigenvalue weighted by molar-refractivity contribution is -0.153. The third kappa shape index (κ3) is 6.64. The second-order valence-electron chi connectivity index (χ2n) is 11.4. The minimum absolute atomic E-state index is 0.0467. The van der Waals surface area contributed by atoms with Crippen LogP contribution < -0.4 is 0 Å². The van der Waals surface area contributed by atoms with Gasteiger partial charge in [-0.1, -0.05) is 66.7 Å². The number of allylic oxidation sites excluding steroid dienone is 2. The summed E-state index contributed by atoms with van der Waals surface area (Å²) in [7, 11) is 0. The molecule has 1 N–H and O–H groups in total. The molecule has 1 fully saturated rings. The lowest BCUT2D eigenvalue weighted by Gasteiger charge is -2.37. The normalized spacial score (nSPS) is 25.7. The van der Waals surface area contributed by atoms with Gasteiger partial charge in [0.05, 0.1) is 30.5 Å². The van der Waals surface area contributed by atoms with Crippen LogP contribution in [0.25, 0.3) is 0 Å². The Morgan fingerprint density at radius 1 is 0.950 bits per heavy atom. The molecule has 4 atom stereocenters. The van der Waals surface area contributed by atoms with Crippen LogP contribution in [0.15, 0.2) is 66.7 Å². The summed E-state index contributed by atoms with van der Waals surface area (Å²) >= 11 is 0. The quantitative estimate of drug-likeness (QED) is 0.453. The van der Waals surface area contributed by atoms with Gasteiger partial charge in [0.15, 0.2) is 0 Å². The van der Waals surface area contributed by atoms with Gasteiger partial charge in [-0.05, 0) is 61.6 Å². The molecule has 5 rings (SSSR count). The standard InChI is InChI=1S/C33H40N2O5/c36-22-30-19-25-12-7-8-15-28(25)21-35(30)31(37)20-26-13-5-2-6-14-27(18-24-10-3-1-4-11-24)33(39)40-23-29-16-9-17-34(29)32(26)38/h1-5,7-8,10-12,15,26-27,29-30,36H,6,9,13-14,16-23H2. The molecular formula is C33H40N2O5. The molecule has 7 heteroatoms. The van der Waals surface area contributed by atoms with Gasteiger partial charge < -0.3 is 19.6 Å². The number of hydrogen-bond donors (Lipinski definition) is 1. The van der Waals surface area contributed by atoms with E-state index >= 15 is 0 Å². The lowest BCUT2D eigenvalue weighted by Crippen LogP contribution is -2.48. The Bertz CT molecular complexity index is 1210. The molecule has 0 aliphatic carbocycles. The van der Waals surface area contributed by atoms with Crippen LogP contribution in [-0.2, 0) is 38.5 Å². The fraction of sp³-hybridized carbons (Fsp3) is 0.485. The Kier molecular flexibility index (Phi) is 9.32. The fourth-order valence-corrected chi connectivity index (χ4v) is 6.35. The predicted octanol–water partition coefficient (Wildman–Crippen LogP) is 4.07. The SMILES string of the molecule is O=C1OCC2CCCN2C(=O)C(CC(=O)N2Cc3ccccc3CC2CO)CC=CCCC1Cc1ccccc1. The average molecular weight is 545 g/mol. The third-order valence-corrected chi connectivity index (χ3v) is 8.66. The minimum atomic E-state index is -0.488.